The van der Waals surface area contributed by atoms with Crippen molar-refractivity contribution in [1.29, 1.82) is 0 Å². The van der Waals surface area contributed by atoms with Crippen molar-refractivity contribution < 1.29 is 4.79 Å². The predicted molar refractivity (Wildman–Crippen MR) is 44.7 cm³/mol. The van der Waals surface area contributed by atoms with E-state index in [9.17, 15) is 4.79 Å². The van der Waals surface area contributed by atoms with Crippen LogP contribution in [0.25, 0.3) is 0 Å². The van der Waals surface area contributed by atoms with Gasteiger partial charge in [-0.2, -0.15) is 5.11 Å². The third kappa shape index (κ3) is 1.95. The number of carbonyl (C=O) groups excluding carboxylic acids is 1. The van der Waals surface area contributed by atoms with Crippen LogP contribution in [0.15, 0.2) is 28.6 Å². The highest BCUT2D eigenvalue weighted by atomic mass is 16.1. The van der Waals surface area contributed by atoms with Crippen molar-refractivity contribution in [2.24, 2.45) is 10.2 Å². The van der Waals surface area contributed by atoms with Crippen LogP contribution in [0.3, 0.4) is 0 Å². The minimum atomic E-state index is 0.00230. The summed E-state index contributed by atoms with van der Waals surface area (Å²) in [6.07, 6.45) is 1.49. The molecule has 1 rings (SSSR count). The van der Waals surface area contributed by atoms with Gasteiger partial charge in [0.25, 0.3) is 0 Å². The first-order chi connectivity index (χ1) is 5.74. The van der Waals surface area contributed by atoms with Gasteiger partial charge in [0, 0.05) is 18.8 Å². The molecule has 1 aromatic heterocycles. The van der Waals surface area contributed by atoms with Gasteiger partial charge in [0.05, 0.1) is 0 Å². The molecule has 12 heavy (non-hydrogen) atoms. The summed E-state index contributed by atoms with van der Waals surface area (Å²) >= 11 is 0. The van der Waals surface area contributed by atoms with Crippen molar-refractivity contribution in [3.05, 3.63) is 23.9 Å². The summed E-state index contributed by atoms with van der Waals surface area (Å²) in [6, 6.07) is 3.34. The van der Waals surface area contributed by atoms with Crippen LogP contribution >= 0.6 is 0 Å². The Morgan fingerprint density at radius 2 is 2.25 bits per heavy atom. The number of ketones is 1. The summed E-state index contributed by atoms with van der Waals surface area (Å²) in [6.45, 7) is 1.50. The lowest BCUT2D eigenvalue weighted by Crippen LogP contribution is -1.91. The van der Waals surface area contributed by atoms with Crippen LogP contribution in [0.5, 0.6) is 0 Å². The zero-order valence-electron chi connectivity index (χ0n) is 6.98. The van der Waals surface area contributed by atoms with Gasteiger partial charge in [-0.15, -0.1) is 5.11 Å². The van der Waals surface area contributed by atoms with E-state index in [-0.39, 0.29) is 5.78 Å². The minimum absolute atomic E-state index is 0.00230. The van der Waals surface area contributed by atoms with Crippen LogP contribution in [-0.2, 0) is 0 Å². The van der Waals surface area contributed by atoms with Crippen molar-refractivity contribution in [2.45, 2.75) is 6.92 Å². The first-order valence-electron chi connectivity index (χ1n) is 3.51. The quantitative estimate of drug-likeness (QED) is 0.494. The molecular weight excluding hydrogens is 154 g/mol. The molecule has 0 spiro atoms. The van der Waals surface area contributed by atoms with Crippen molar-refractivity contribution in [2.75, 3.05) is 7.05 Å². The molecule has 0 amide bonds. The van der Waals surface area contributed by atoms with Crippen molar-refractivity contribution in [1.82, 2.24) is 4.98 Å². The fraction of sp³-hybridized carbons (Fsp3) is 0.250. The largest absolute Gasteiger partial charge is 0.294 e. The molecule has 0 aliphatic carbocycles. The van der Waals surface area contributed by atoms with Gasteiger partial charge in [0.2, 0.25) is 0 Å². The highest BCUT2D eigenvalue weighted by Crippen LogP contribution is 2.08. The minimum Gasteiger partial charge on any atom is -0.294 e. The highest BCUT2D eigenvalue weighted by molar-refractivity contribution is 5.93. The van der Waals surface area contributed by atoms with Gasteiger partial charge >= 0.3 is 0 Å². The molecule has 0 bridgehead atoms. The number of rotatable bonds is 2. The molecule has 0 aliphatic rings. The average molecular weight is 163 g/mol. The SMILES string of the molecule is C/N=N/c1ccc(C(C)=O)cn1. The summed E-state index contributed by atoms with van der Waals surface area (Å²) in [4.78, 5) is 14.7. The normalized spacial score (nSPS) is 10.5. The Morgan fingerprint density at radius 3 is 2.67 bits per heavy atom. The van der Waals surface area contributed by atoms with Crippen LogP contribution in [0.1, 0.15) is 17.3 Å². The Balaban J connectivity index is 2.93. The van der Waals surface area contributed by atoms with Gasteiger partial charge < -0.3 is 0 Å². The van der Waals surface area contributed by atoms with E-state index in [4.69, 9.17) is 0 Å². The van der Waals surface area contributed by atoms with E-state index < -0.39 is 0 Å². The summed E-state index contributed by atoms with van der Waals surface area (Å²) in [7, 11) is 1.57. The maximum Gasteiger partial charge on any atom is 0.173 e. The number of azo groups is 1. The molecule has 4 nitrogen and oxygen atoms in total. The van der Waals surface area contributed by atoms with E-state index in [1.165, 1.54) is 13.1 Å². The van der Waals surface area contributed by atoms with Crippen LogP contribution in [0, 0.1) is 0 Å². The second kappa shape index (κ2) is 3.71. The third-order valence-corrected chi connectivity index (χ3v) is 1.36. The molecule has 0 saturated carbocycles. The highest BCUT2D eigenvalue weighted by Gasteiger charge is 1.98. The topological polar surface area (TPSA) is 54.7 Å². The van der Waals surface area contributed by atoms with E-state index in [2.05, 4.69) is 15.2 Å². The Labute approximate surface area is 70.4 Å². The van der Waals surface area contributed by atoms with Gasteiger partial charge in [-0.1, -0.05) is 0 Å². The van der Waals surface area contributed by atoms with E-state index >= 15 is 0 Å². The van der Waals surface area contributed by atoms with E-state index in [1.54, 1.807) is 19.2 Å². The molecule has 0 unspecified atom stereocenters. The lowest BCUT2D eigenvalue weighted by Gasteiger charge is -1.93. The van der Waals surface area contributed by atoms with Crippen LogP contribution in [-0.4, -0.2) is 17.8 Å². The maximum absolute atomic E-state index is 10.8. The molecule has 0 aromatic carbocycles. The third-order valence-electron chi connectivity index (χ3n) is 1.36. The van der Waals surface area contributed by atoms with Crippen LogP contribution < -0.4 is 0 Å². The Kier molecular flexibility index (Phi) is 2.63. The second-order valence-corrected chi connectivity index (χ2v) is 2.26. The number of carbonyl (C=O) groups is 1. The molecule has 1 aromatic rings. The van der Waals surface area contributed by atoms with Gasteiger partial charge in [-0.05, 0) is 19.1 Å². The number of hydrogen-bond donors (Lipinski definition) is 0. The molecule has 62 valence electrons. The number of nitrogens with zero attached hydrogens (tertiary/aromatic N) is 3. The van der Waals surface area contributed by atoms with Crippen LogP contribution in [0.2, 0.25) is 0 Å². The molecule has 0 fully saturated rings. The number of hydrogen-bond acceptors (Lipinski definition) is 4. The van der Waals surface area contributed by atoms with Crippen molar-refractivity contribution in [3.63, 3.8) is 0 Å². The first kappa shape index (κ1) is 8.52. The van der Waals surface area contributed by atoms with Crippen molar-refractivity contribution in [3.8, 4) is 0 Å². The molecule has 4 heteroatoms. The average Bonchev–Trinajstić information content (AvgIpc) is 2.06. The maximum atomic E-state index is 10.8. The smallest absolute Gasteiger partial charge is 0.173 e. The summed E-state index contributed by atoms with van der Waals surface area (Å²) in [5.74, 6) is 0.519. The molecule has 0 atom stereocenters. The molecule has 0 saturated heterocycles. The fourth-order valence-corrected chi connectivity index (χ4v) is 0.756. The van der Waals surface area contributed by atoms with E-state index in [1.807, 2.05) is 0 Å². The Bertz CT molecular complexity index is 303. The number of Topliss-reactive ketones (excluding diaryl/α,β-unsaturated/α-hetero) is 1. The van der Waals surface area contributed by atoms with E-state index in [0.717, 1.165) is 0 Å². The monoisotopic (exact) mass is 163 g/mol. The standard InChI is InChI=1S/C8H9N3O/c1-6(12)7-3-4-8(10-5-7)11-9-2/h3-5H,1-2H3/b11-9+. The van der Waals surface area contributed by atoms with Gasteiger partial charge in [0.1, 0.15) is 0 Å². The molecule has 1 heterocycles. The van der Waals surface area contributed by atoms with Gasteiger partial charge in [0.15, 0.2) is 11.6 Å². The Morgan fingerprint density at radius 1 is 1.50 bits per heavy atom. The van der Waals surface area contributed by atoms with Gasteiger partial charge in [-0.3, -0.25) is 4.79 Å². The second-order valence-electron chi connectivity index (χ2n) is 2.26. The zero-order valence-corrected chi connectivity index (χ0v) is 6.98. The zero-order chi connectivity index (χ0) is 8.97. The first-order valence-corrected chi connectivity index (χ1v) is 3.51. The summed E-state index contributed by atoms with van der Waals surface area (Å²) in [5, 5.41) is 7.27. The lowest BCUT2D eigenvalue weighted by molar-refractivity contribution is 0.101. The molecular formula is C8H9N3O. The lowest BCUT2D eigenvalue weighted by atomic mass is 10.2. The number of aromatic nitrogens is 1. The van der Waals surface area contributed by atoms with E-state index in [0.29, 0.717) is 11.4 Å². The fourth-order valence-electron chi connectivity index (χ4n) is 0.756. The molecule has 0 radical (unpaired) electrons. The van der Waals surface area contributed by atoms with Gasteiger partial charge in [-0.25, -0.2) is 4.98 Å². The molecule has 0 N–H and O–H groups in total. The predicted octanol–water partition coefficient (Wildman–Crippen LogP) is 2.00. The Hall–Kier alpha value is -1.58. The number of pyridine rings is 1. The summed E-state index contributed by atoms with van der Waals surface area (Å²) in [5.41, 5.74) is 0.588. The summed E-state index contributed by atoms with van der Waals surface area (Å²) < 4.78 is 0. The van der Waals surface area contributed by atoms with Crippen molar-refractivity contribution >= 4 is 11.6 Å². The van der Waals surface area contributed by atoms with Crippen LogP contribution in [0.4, 0.5) is 5.82 Å². The molecule has 0 aliphatic heterocycles.